The van der Waals surface area contributed by atoms with Crippen LogP contribution in [0, 0.1) is 0 Å². The summed E-state index contributed by atoms with van der Waals surface area (Å²) in [6.07, 6.45) is 3.25. The quantitative estimate of drug-likeness (QED) is 0.770. The van der Waals surface area contributed by atoms with Gasteiger partial charge in [0.25, 0.3) is 0 Å². The van der Waals surface area contributed by atoms with Gasteiger partial charge in [-0.2, -0.15) is 0 Å². The molecule has 7 heteroatoms. The van der Waals surface area contributed by atoms with Crippen molar-refractivity contribution in [1.82, 2.24) is 16.0 Å². The van der Waals surface area contributed by atoms with Gasteiger partial charge in [0.05, 0.1) is 0 Å². The molecule has 0 radical (unpaired) electrons. The Morgan fingerprint density at radius 2 is 2.13 bits per heavy atom. The topological polar surface area (TPSA) is 88.7 Å². The summed E-state index contributed by atoms with van der Waals surface area (Å²) in [6, 6.07) is 4.98. The van der Waals surface area contributed by atoms with Crippen LogP contribution in [0.5, 0.6) is 11.5 Å². The van der Waals surface area contributed by atoms with Gasteiger partial charge in [-0.15, -0.1) is 0 Å². The van der Waals surface area contributed by atoms with E-state index in [-0.39, 0.29) is 18.7 Å². The third-order valence-corrected chi connectivity index (χ3v) is 3.98. The van der Waals surface area contributed by atoms with Crippen molar-refractivity contribution in [3.05, 3.63) is 23.8 Å². The van der Waals surface area contributed by atoms with Gasteiger partial charge in [-0.25, -0.2) is 4.79 Å². The maximum atomic E-state index is 11.9. The lowest BCUT2D eigenvalue weighted by Gasteiger charge is -2.15. The van der Waals surface area contributed by atoms with E-state index in [2.05, 4.69) is 16.0 Å². The van der Waals surface area contributed by atoms with E-state index in [1.807, 2.05) is 18.2 Å². The van der Waals surface area contributed by atoms with E-state index >= 15 is 0 Å². The number of carbonyl (C=O) groups excluding carboxylic acids is 2. The van der Waals surface area contributed by atoms with Crippen molar-refractivity contribution < 1.29 is 19.1 Å². The molecule has 1 aromatic carbocycles. The molecule has 2 aliphatic heterocycles. The molecule has 0 bridgehead atoms. The van der Waals surface area contributed by atoms with E-state index < -0.39 is 6.04 Å². The Kier molecular flexibility index (Phi) is 4.85. The van der Waals surface area contributed by atoms with Crippen molar-refractivity contribution in [2.45, 2.75) is 31.7 Å². The number of urea groups is 1. The Morgan fingerprint density at radius 3 is 3.04 bits per heavy atom. The highest BCUT2D eigenvalue weighted by molar-refractivity contribution is 5.87. The molecule has 3 rings (SSSR count). The lowest BCUT2D eigenvalue weighted by atomic mass is 10.1. The average molecular weight is 319 g/mol. The summed E-state index contributed by atoms with van der Waals surface area (Å²) in [6.45, 7) is 1.42. The molecule has 1 atom stereocenters. The first-order valence-electron chi connectivity index (χ1n) is 7.93. The van der Waals surface area contributed by atoms with Crippen LogP contribution in [0.25, 0.3) is 0 Å². The molecular weight excluding hydrogens is 298 g/mol. The van der Waals surface area contributed by atoms with Crippen LogP contribution in [0.4, 0.5) is 4.79 Å². The Labute approximate surface area is 134 Å². The SMILES string of the molecule is O=C(NCCc1ccc2c(c1)OCO2)NC1CCCCNC1=O. The Bertz CT molecular complexity index is 591. The Morgan fingerprint density at radius 1 is 1.26 bits per heavy atom. The zero-order valence-electron chi connectivity index (χ0n) is 12.9. The molecule has 3 amide bonds. The third kappa shape index (κ3) is 4.06. The number of nitrogens with one attached hydrogen (secondary N) is 3. The molecule has 0 aromatic heterocycles. The number of ether oxygens (including phenoxy) is 2. The Hall–Kier alpha value is -2.44. The first-order valence-corrected chi connectivity index (χ1v) is 7.93. The standard InChI is InChI=1S/C16H21N3O4/c20-15-12(3-1-2-7-17-15)19-16(21)18-8-6-11-4-5-13-14(9-11)23-10-22-13/h4-5,9,12H,1-3,6-8,10H2,(H,17,20)(H2,18,19,21). The van der Waals surface area contributed by atoms with E-state index in [1.54, 1.807) is 0 Å². The van der Waals surface area contributed by atoms with Gasteiger partial charge in [0, 0.05) is 13.1 Å². The number of benzene rings is 1. The van der Waals surface area contributed by atoms with Crippen LogP contribution in [0.3, 0.4) is 0 Å². The molecule has 2 heterocycles. The van der Waals surface area contributed by atoms with Gasteiger partial charge in [0.15, 0.2) is 11.5 Å². The van der Waals surface area contributed by atoms with E-state index in [0.717, 1.165) is 29.9 Å². The van der Waals surface area contributed by atoms with Gasteiger partial charge in [-0.3, -0.25) is 4.79 Å². The van der Waals surface area contributed by atoms with Crippen LogP contribution in [0.1, 0.15) is 24.8 Å². The van der Waals surface area contributed by atoms with Gasteiger partial charge >= 0.3 is 6.03 Å². The molecule has 1 fully saturated rings. The first-order chi connectivity index (χ1) is 11.2. The number of amides is 3. The molecule has 2 aliphatic rings. The molecule has 1 unspecified atom stereocenters. The number of hydrogen-bond acceptors (Lipinski definition) is 4. The maximum Gasteiger partial charge on any atom is 0.315 e. The van der Waals surface area contributed by atoms with Crippen LogP contribution < -0.4 is 25.4 Å². The minimum atomic E-state index is -0.442. The number of hydrogen-bond donors (Lipinski definition) is 3. The minimum absolute atomic E-state index is 0.103. The molecular formula is C16H21N3O4. The van der Waals surface area contributed by atoms with Crippen molar-refractivity contribution in [3.8, 4) is 11.5 Å². The highest BCUT2D eigenvalue weighted by atomic mass is 16.7. The smallest absolute Gasteiger partial charge is 0.315 e. The second kappa shape index (κ2) is 7.21. The molecule has 1 saturated heterocycles. The third-order valence-electron chi connectivity index (χ3n) is 3.98. The van der Waals surface area contributed by atoms with Crippen LogP contribution in [0.2, 0.25) is 0 Å². The summed E-state index contributed by atoms with van der Waals surface area (Å²) in [4.78, 5) is 23.7. The van der Waals surface area contributed by atoms with E-state index in [0.29, 0.717) is 25.9 Å². The van der Waals surface area contributed by atoms with Gasteiger partial charge in [-0.05, 0) is 43.4 Å². The second-order valence-corrected chi connectivity index (χ2v) is 5.68. The molecule has 0 spiro atoms. The highest BCUT2D eigenvalue weighted by Gasteiger charge is 2.22. The van der Waals surface area contributed by atoms with Crippen molar-refractivity contribution in [2.75, 3.05) is 19.9 Å². The van der Waals surface area contributed by atoms with E-state index in [4.69, 9.17) is 9.47 Å². The lowest BCUT2D eigenvalue weighted by molar-refractivity contribution is -0.122. The van der Waals surface area contributed by atoms with Gasteiger partial charge in [-0.1, -0.05) is 6.07 Å². The van der Waals surface area contributed by atoms with E-state index in [1.165, 1.54) is 0 Å². The number of rotatable bonds is 4. The van der Waals surface area contributed by atoms with Crippen molar-refractivity contribution in [2.24, 2.45) is 0 Å². The second-order valence-electron chi connectivity index (χ2n) is 5.68. The molecule has 3 N–H and O–H groups in total. The monoisotopic (exact) mass is 319 g/mol. The fraction of sp³-hybridized carbons (Fsp3) is 0.500. The zero-order chi connectivity index (χ0) is 16.1. The average Bonchev–Trinajstić information content (AvgIpc) is 2.92. The largest absolute Gasteiger partial charge is 0.454 e. The Balaban J connectivity index is 1.43. The van der Waals surface area contributed by atoms with Gasteiger partial charge in [0.1, 0.15) is 6.04 Å². The summed E-state index contributed by atoms with van der Waals surface area (Å²) in [7, 11) is 0. The van der Waals surface area contributed by atoms with Crippen molar-refractivity contribution in [1.29, 1.82) is 0 Å². The fourth-order valence-corrected chi connectivity index (χ4v) is 2.70. The van der Waals surface area contributed by atoms with Crippen molar-refractivity contribution >= 4 is 11.9 Å². The predicted octanol–water partition coefficient (Wildman–Crippen LogP) is 0.926. The molecule has 23 heavy (non-hydrogen) atoms. The lowest BCUT2D eigenvalue weighted by Crippen LogP contribution is -2.49. The van der Waals surface area contributed by atoms with E-state index in [9.17, 15) is 9.59 Å². The molecule has 0 saturated carbocycles. The molecule has 1 aromatic rings. The van der Waals surface area contributed by atoms with Gasteiger partial charge < -0.3 is 25.4 Å². The highest BCUT2D eigenvalue weighted by Crippen LogP contribution is 2.32. The first kappa shape index (κ1) is 15.5. The zero-order valence-corrected chi connectivity index (χ0v) is 12.9. The predicted molar refractivity (Wildman–Crippen MR) is 83.5 cm³/mol. The summed E-state index contributed by atoms with van der Waals surface area (Å²) in [5.74, 6) is 1.38. The van der Waals surface area contributed by atoms with Crippen LogP contribution in [-0.4, -0.2) is 37.9 Å². The molecule has 0 aliphatic carbocycles. The van der Waals surface area contributed by atoms with Crippen LogP contribution in [-0.2, 0) is 11.2 Å². The number of fused-ring (bicyclic) bond motifs is 1. The summed E-state index contributed by atoms with van der Waals surface area (Å²) in [5, 5.41) is 8.31. The van der Waals surface area contributed by atoms with Crippen molar-refractivity contribution in [3.63, 3.8) is 0 Å². The summed E-state index contributed by atoms with van der Waals surface area (Å²) < 4.78 is 10.6. The summed E-state index contributed by atoms with van der Waals surface area (Å²) >= 11 is 0. The van der Waals surface area contributed by atoms with Gasteiger partial charge in [0.2, 0.25) is 12.7 Å². The normalized spacial score (nSPS) is 19.7. The number of carbonyl (C=O) groups is 2. The van der Waals surface area contributed by atoms with Crippen LogP contribution in [0.15, 0.2) is 18.2 Å². The maximum absolute atomic E-state index is 11.9. The minimum Gasteiger partial charge on any atom is -0.454 e. The van der Waals surface area contributed by atoms with Crippen LogP contribution >= 0.6 is 0 Å². The fourth-order valence-electron chi connectivity index (χ4n) is 2.70. The molecule has 7 nitrogen and oxygen atoms in total. The summed E-state index contributed by atoms with van der Waals surface area (Å²) in [5.41, 5.74) is 1.06. The molecule has 124 valence electrons.